The molecule has 0 atom stereocenters. The van der Waals surface area contributed by atoms with Gasteiger partial charge in [0, 0.05) is 28.1 Å². The van der Waals surface area contributed by atoms with E-state index < -0.39 is 0 Å². The van der Waals surface area contributed by atoms with E-state index in [1.165, 1.54) is 22.3 Å². The molecular weight excluding hydrogens is 488 g/mol. The van der Waals surface area contributed by atoms with E-state index >= 15 is 0 Å². The minimum Gasteiger partial charge on any atom is -0.276 e. The van der Waals surface area contributed by atoms with Crippen LogP contribution in [0.4, 0.5) is 0 Å². The number of fused-ring (bicyclic) bond motifs is 6. The summed E-state index contributed by atoms with van der Waals surface area (Å²) in [5.74, 6) is 0.638. The number of pyridine rings is 1. The molecule has 0 N–H and O–H groups in total. The zero-order valence-electron chi connectivity index (χ0n) is 22.3. The van der Waals surface area contributed by atoms with Crippen molar-refractivity contribution in [3.63, 3.8) is 0 Å². The van der Waals surface area contributed by atoms with Crippen LogP contribution in [0.2, 0.25) is 0 Å². The Hall–Kier alpha value is -5.09. The molecule has 0 bridgehead atoms. The van der Waals surface area contributed by atoms with Crippen LogP contribution in [-0.2, 0) is 5.41 Å². The first kappa shape index (κ1) is 22.9. The van der Waals surface area contributed by atoms with E-state index in [1.807, 2.05) is 48.7 Å². The summed E-state index contributed by atoms with van der Waals surface area (Å²) < 4.78 is 2.19. The van der Waals surface area contributed by atoms with Gasteiger partial charge in [0.1, 0.15) is 0 Å². The van der Waals surface area contributed by atoms with Gasteiger partial charge in [-0.05, 0) is 52.6 Å². The maximum atomic E-state index is 5.16. The van der Waals surface area contributed by atoms with E-state index in [0.29, 0.717) is 5.95 Å². The van der Waals surface area contributed by atoms with Gasteiger partial charge in [-0.2, -0.15) is 0 Å². The summed E-state index contributed by atoms with van der Waals surface area (Å²) in [5, 5.41) is 1.12. The molecule has 8 rings (SSSR count). The molecule has 0 saturated heterocycles. The average Bonchev–Trinajstić information content (AvgIpc) is 3.45. The van der Waals surface area contributed by atoms with E-state index in [0.717, 1.165) is 44.5 Å². The van der Waals surface area contributed by atoms with Crippen LogP contribution >= 0.6 is 0 Å². The molecule has 7 aromatic rings. The number of hydrogen-bond acceptors (Lipinski definition) is 3. The molecule has 1 aliphatic rings. The van der Waals surface area contributed by atoms with Crippen LogP contribution < -0.4 is 0 Å². The van der Waals surface area contributed by atoms with Crippen molar-refractivity contribution in [1.29, 1.82) is 0 Å². The second-order valence-electron chi connectivity index (χ2n) is 11.0. The van der Waals surface area contributed by atoms with Gasteiger partial charge in [-0.15, -0.1) is 0 Å². The lowest BCUT2D eigenvalue weighted by Gasteiger charge is -2.21. The number of nitrogens with zero attached hydrogens (tertiary/aromatic N) is 4. The third-order valence-corrected chi connectivity index (χ3v) is 8.28. The van der Waals surface area contributed by atoms with Gasteiger partial charge >= 0.3 is 0 Å². The van der Waals surface area contributed by atoms with Gasteiger partial charge in [-0.25, -0.2) is 9.97 Å². The Morgan fingerprint density at radius 3 is 1.93 bits per heavy atom. The minimum atomic E-state index is -0.0898. The quantitative estimate of drug-likeness (QED) is 0.237. The maximum absolute atomic E-state index is 5.16. The second kappa shape index (κ2) is 8.45. The monoisotopic (exact) mass is 514 g/mol. The summed E-state index contributed by atoms with van der Waals surface area (Å²) >= 11 is 0. The fourth-order valence-corrected chi connectivity index (χ4v) is 6.29. The van der Waals surface area contributed by atoms with Crippen molar-refractivity contribution < 1.29 is 0 Å². The number of rotatable bonds is 3. The third-order valence-electron chi connectivity index (χ3n) is 8.28. The molecule has 4 heteroatoms. The highest BCUT2D eigenvalue weighted by molar-refractivity contribution is 6.09. The van der Waals surface area contributed by atoms with Crippen LogP contribution in [-0.4, -0.2) is 19.5 Å². The van der Waals surface area contributed by atoms with Gasteiger partial charge in [-0.3, -0.25) is 9.55 Å². The first-order valence-electron chi connectivity index (χ1n) is 13.6. The molecule has 0 fully saturated rings. The Kier molecular flexibility index (Phi) is 4.83. The van der Waals surface area contributed by atoms with E-state index in [4.69, 9.17) is 15.0 Å². The summed E-state index contributed by atoms with van der Waals surface area (Å²) in [6, 6.07) is 40.2. The molecule has 0 spiro atoms. The van der Waals surface area contributed by atoms with E-state index in [1.54, 1.807) is 0 Å². The van der Waals surface area contributed by atoms with Crippen molar-refractivity contribution in [1.82, 2.24) is 19.5 Å². The van der Waals surface area contributed by atoms with Crippen LogP contribution in [0.25, 0.3) is 61.5 Å². The minimum absolute atomic E-state index is 0.0898. The molecular formula is C36H26N4. The van der Waals surface area contributed by atoms with E-state index in [-0.39, 0.29) is 5.41 Å². The largest absolute Gasteiger partial charge is 0.276 e. The molecule has 0 radical (unpaired) electrons. The summed E-state index contributed by atoms with van der Waals surface area (Å²) in [4.78, 5) is 15.2. The molecule has 190 valence electrons. The second-order valence-corrected chi connectivity index (χ2v) is 11.0. The number of hydrogen-bond donors (Lipinski definition) is 0. The lowest BCUT2D eigenvalue weighted by Crippen LogP contribution is -2.14. The average molecular weight is 515 g/mol. The van der Waals surface area contributed by atoms with Crippen molar-refractivity contribution in [3.05, 3.63) is 133 Å². The summed E-state index contributed by atoms with van der Waals surface area (Å²) in [5.41, 5.74) is 12.0. The molecule has 40 heavy (non-hydrogen) atoms. The number of benzene rings is 4. The predicted octanol–water partition coefficient (Wildman–Crippen LogP) is 8.61. The van der Waals surface area contributed by atoms with Crippen LogP contribution in [0.1, 0.15) is 25.0 Å². The Morgan fingerprint density at radius 1 is 0.575 bits per heavy atom. The first-order valence-corrected chi connectivity index (χ1v) is 13.6. The van der Waals surface area contributed by atoms with Crippen LogP contribution in [0.3, 0.4) is 0 Å². The Bertz CT molecular complexity index is 2010. The SMILES string of the molecule is CC1(C)c2ccccc2-c2cc3c(cc21)c1ncccc1n3-c1nc(-c2ccccc2)cc(-c2ccccc2)n1. The zero-order chi connectivity index (χ0) is 26.8. The van der Waals surface area contributed by atoms with Crippen molar-refractivity contribution in [2.75, 3.05) is 0 Å². The zero-order valence-corrected chi connectivity index (χ0v) is 22.3. The third kappa shape index (κ3) is 3.29. The molecule has 0 aliphatic heterocycles. The van der Waals surface area contributed by atoms with Crippen molar-refractivity contribution >= 4 is 21.9 Å². The van der Waals surface area contributed by atoms with Crippen molar-refractivity contribution in [2.45, 2.75) is 19.3 Å². The van der Waals surface area contributed by atoms with Gasteiger partial charge in [0.2, 0.25) is 5.95 Å². The maximum Gasteiger partial charge on any atom is 0.235 e. The van der Waals surface area contributed by atoms with Crippen LogP contribution in [0.15, 0.2) is 121 Å². The Balaban J connectivity index is 1.47. The highest BCUT2D eigenvalue weighted by Crippen LogP contribution is 2.50. The van der Waals surface area contributed by atoms with Gasteiger partial charge in [0.25, 0.3) is 0 Å². The molecule has 0 saturated carbocycles. The highest BCUT2D eigenvalue weighted by atomic mass is 15.2. The molecule has 3 aromatic heterocycles. The smallest absolute Gasteiger partial charge is 0.235 e. The van der Waals surface area contributed by atoms with Crippen molar-refractivity contribution in [3.8, 4) is 39.6 Å². The number of aromatic nitrogens is 4. The summed E-state index contributed by atoms with van der Waals surface area (Å²) in [6.45, 7) is 4.63. The lowest BCUT2D eigenvalue weighted by atomic mass is 9.82. The van der Waals surface area contributed by atoms with E-state index in [9.17, 15) is 0 Å². The summed E-state index contributed by atoms with van der Waals surface area (Å²) in [6.07, 6.45) is 1.87. The van der Waals surface area contributed by atoms with Gasteiger partial charge in [-0.1, -0.05) is 98.8 Å². The predicted molar refractivity (Wildman–Crippen MR) is 163 cm³/mol. The standard InChI is InChI=1S/C36H26N4/c1-36(2)28-17-10-9-16-25(28)26-21-33-27(20-29(26)36)34-32(18-11-19-37-34)40(33)35-38-30(23-12-5-3-6-13-23)22-31(39-35)24-14-7-4-8-15-24/h3-22H,1-2H3. The fraction of sp³-hybridized carbons (Fsp3) is 0.0833. The van der Waals surface area contributed by atoms with Gasteiger partial charge in [0.05, 0.1) is 27.9 Å². The van der Waals surface area contributed by atoms with Gasteiger partial charge in [0.15, 0.2) is 0 Å². The van der Waals surface area contributed by atoms with Gasteiger partial charge < -0.3 is 0 Å². The molecule has 4 nitrogen and oxygen atoms in total. The Labute approximate surface area is 232 Å². The van der Waals surface area contributed by atoms with Crippen molar-refractivity contribution in [2.24, 2.45) is 0 Å². The molecule has 4 aromatic carbocycles. The molecule has 0 amide bonds. The molecule has 3 heterocycles. The molecule has 1 aliphatic carbocycles. The lowest BCUT2D eigenvalue weighted by molar-refractivity contribution is 0.661. The normalized spacial score (nSPS) is 13.4. The summed E-state index contributed by atoms with van der Waals surface area (Å²) in [7, 11) is 0. The Morgan fingerprint density at radius 2 is 1.23 bits per heavy atom. The highest BCUT2D eigenvalue weighted by Gasteiger charge is 2.36. The van der Waals surface area contributed by atoms with Crippen LogP contribution in [0, 0.1) is 0 Å². The molecule has 0 unspecified atom stereocenters. The van der Waals surface area contributed by atoms with Crippen LogP contribution in [0.5, 0.6) is 0 Å². The fourth-order valence-electron chi connectivity index (χ4n) is 6.29. The topological polar surface area (TPSA) is 43.6 Å². The first-order chi connectivity index (χ1) is 19.6. The van der Waals surface area contributed by atoms with E-state index in [2.05, 4.69) is 91.2 Å².